The monoisotopic (exact) mass is 358 g/mol. The lowest BCUT2D eigenvalue weighted by Gasteiger charge is -2.42. The lowest BCUT2D eigenvalue weighted by atomic mass is 9.86. The minimum Gasteiger partial charge on any atom is -0.422 e. The summed E-state index contributed by atoms with van der Waals surface area (Å²) >= 11 is 0. The molecule has 1 aromatic carbocycles. The van der Waals surface area contributed by atoms with Gasteiger partial charge in [-0.2, -0.15) is 0 Å². The highest BCUT2D eigenvalue weighted by Crippen LogP contribution is 2.30. The number of likely N-dealkylation sites (tertiary alicyclic amines) is 1. The second-order valence-corrected chi connectivity index (χ2v) is 7.22. The predicted molar refractivity (Wildman–Crippen MR) is 102 cm³/mol. The van der Waals surface area contributed by atoms with Gasteiger partial charge in [0, 0.05) is 39.3 Å². The molecule has 1 aliphatic carbocycles. The third kappa shape index (κ3) is 4.65. The Labute approximate surface area is 156 Å². The first-order valence-corrected chi connectivity index (χ1v) is 9.54. The van der Waals surface area contributed by atoms with Crippen molar-refractivity contribution in [1.29, 1.82) is 0 Å². The number of hydrogen-bond donors (Lipinski definition) is 0. The standard InChI is InChI=1S/C21H30N2O3/c1-22(21(24)26-16-25-2)19-11-13-23(14-12-19)20(18-9-6-10-18)15-17-7-4-3-5-8-17/h3-5,7-9,19-20H,6,10-16H2,1-2H3. The van der Waals surface area contributed by atoms with E-state index in [-0.39, 0.29) is 18.9 Å². The van der Waals surface area contributed by atoms with Gasteiger partial charge >= 0.3 is 6.09 Å². The van der Waals surface area contributed by atoms with E-state index in [1.54, 1.807) is 10.5 Å². The van der Waals surface area contributed by atoms with Gasteiger partial charge in [0.2, 0.25) is 0 Å². The molecule has 1 amide bonds. The van der Waals surface area contributed by atoms with Crippen LogP contribution in [0, 0.1) is 0 Å². The van der Waals surface area contributed by atoms with Gasteiger partial charge in [0.15, 0.2) is 6.79 Å². The second kappa shape index (κ2) is 9.19. The van der Waals surface area contributed by atoms with Gasteiger partial charge < -0.3 is 14.4 Å². The predicted octanol–water partition coefficient (Wildman–Crippen LogP) is 3.45. The van der Waals surface area contributed by atoms with E-state index in [9.17, 15) is 4.79 Å². The lowest BCUT2D eigenvalue weighted by molar-refractivity contribution is -0.0104. The van der Waals surface area contributed by atoms with Gasteiger partial charge in [-0.1, -0.05) is 42.0 Å². The number of carbonyl (C=O) groups is 1. The summed E-state index contributed by atoms with van der Waals surface area (Å²) in [4.78, 5) is 16.3. The van der Waals surface area contributed by atoms with Gasteiger partial charge in [-0.15, -0.1) is 0 Å². The van der Waals surface area contributed by atoms with Crippen LogP contribution in [-0.2, 0) is 15.9 Å². The van der Waals surface area contributed by atoms with Crippen molar-refractivity contribution in [2.24, 2.45) is 0 Å². The summed E-state index contributed by atoms with van der Waals surface area (Å²) in [5.74, 6) is 0. The molecule has 1 aromatic rings. The van der Waals surface area contributed by atoms with Crippen LogP contribution in [0.15, 0.2) is 42.0 Å². The Morgan fingerprint density at radius 3 is 2.54 bits per heavy atom. The van der Waals surface area contributed by atoms with Crippen molar-refractivity contribution in [2.45, 2.75) is 44.2 Å². The first kappa shape index (κ1) is 18.9. The summed E-state index contributed by atoms with van der Waals surface area (Å²) < 4.78 is 9.88. The SMILES string of the molecule is COCOC(=O)N(C)C1CCN(C(Cc2ccccc2)C2=CCC2)CC1. The van der Waals surface area contributed by atoms with Gasteiger partial charge in [-0.25, -0.2) is 4.79 Å². The molecular weight excluding hydrogens is 328 g/mol. The maximum atomic E-state index is 12.0. The molecule has 1 unspecified atom stereocenters. The average Bonchev–Trinajstić information content (AvgIpc) is 2.64. The highest BCUT2D eigenvalue weighted by molar-refractivity contribution is 5.67. The van der Waals surface area contributed by atoms with Crippen LogP contribution in [0.4, 0.5) is 4.79 Å². The van der Waals surface area contributed by atoms with E-state index in [1.807, 2.05) is 7.05 Å². The van der Waals surface area contributed by atoms with E-state index in [0.29, 0.717) is 6.04 Å². The third-order valence-corrected chi connectivity index (χ3v) is 5.62. The number of rotatable bonds is 7. The fourth-order valence-corrected chi connectivity index (χ4v) is 3.89. The Morgan fingerprint density at radius 1 is 1.27 bits per heavy atom. The Balaban J connectivity index is 1.57. The number of hydrogen-bond acceptors (Lipinski definition) is 4. The molecule has 1 fully saturated rings. The molecule has 0 N–H and O–H groups in total. The number of benzene rings is 1. The Kier molecular flexibility index (Phi) is 6.69. The van der Waals surface area contributed by atoms with E-state index < -0.39 is 0 Å². The summed E-state index contributed by atoms with van der Waals surface area (Å²) in [5.41, 5.74) is 2.98. The molecule has 142 valence electrons. The van der Waals surface area contributed by atoms with E-state index in [1.165, 1.54) is 25.5 Å². The van der Waals surface area contributed by atoms with Crippen molar-refractivity contribution < 1.29 is 14.3 Å². The molecule has 1 heterocycles. The number of allylic oxidation sites excluding steroid dienone is 1. The molecule has 0 bridgehead atoms. The van der Waals surface area contributed by atoms with Crippen LogP contribution < -0.4 is 0 Å². The molecule has 1 saturated heterocycles. The minimum absolute atomic E-state index is 0.00925. The lowest BCUT2D eigenvalue weighted by Crippen LogP contribution is -2.50. The highest BCUT2D eigenvalue weighted by Gasteiger charge is 2.31. The number of piperidine rings is 1. The van der Waals surface area contributed by atoms with Crippen molar-refractivity contribution >= 4 is 6.09 Å². The quantitative estimate of drug-likeness (QED) is 0.553. The highest BCUT2D eigenvalue weighted by atomic mass is 16.7. The molecule has 0 saturated carbocycles. The van der Waals surface area contributed by atoms with Crippen molar-refractivity contribution in [2.75, 3.05) is 34.0 Å². The summed E-state index contributed by atoms with van der Waals surface area (Å²) in [5, 5.41) is 0. The zero-order chi connectivity index (χ0) is 18.4. The van der Waals surface area contributed by atoms with Crippen molar-refractivity contribution in [3.05, 3.63) is 47.5 Å². The van der Waals surface area contributed by atoms with Gasteiger partial charge in [0.25, 0.3) is 0 Å². The van der Waals surface area contributed by atoms with Crippen LogP contribution in [0.5, 0.6) is 0 Å². The van der Waals surface area contributed by atoms with Crippen LogP contribution >= 0.6 is 0 Å². The van der Waals surface area contributed by atoms with Crippen LogP contribution in [0.3, 0.4) is 0 Å². The Hall–Kier alpha value is -1.85. The first-order chi connectivity index (χ1) is 12.7. The molecular formula is C21H30N2O3. The van der Waals surface area contributed by atoms with E-state index in [0.717, 1.165) is 32.4 Å². The normalized spacial score (nSPS) is 19.4. The zero-order valence-electron chi connectivity index (χ0n) is 15.9. The van der Waals surface area contributed by atoms with Crippen molar-refractivity contribution in [3.8, 4) is 0 Å². The van der Waals surface area contributed by atoms with Crippen LogP contribution in [0.1, 0.15) is 31.2 Å². The maximum Gasteiger partial charge on any atom is 0.411 e. The summed E-state index contributed by atoms with van der Waals surface area (Å²) in [6.45, 7) is 2.04. The molecule has 1 aliphatic heterocycles. The number of carbonyl (C=O) groups excluding carboxylic acids is 1. The van der Waals surface area contributed by atoms with Crippen LogP contribution in [0.25, 0.3) is 0 Å². The van der Waals surface area contributed by atoms with E-state index >= 15 is 0 Å². The molecule has 26 heavy (non-hydrogen) atoms. The van der Waals surface area contributed by atoms with Gasteiger partial charge in [-0.3, -0.25) is 4.90 Å². The van der Waals surface area contributed by atoms with Crippen molar-refractivity contribution in [1.82, 2.24) is 9.80 Å². The Morgan fingerprint density at radius 2 is 1.96 bits per heavy atom. The largest absolute Gasteiger partial charge is 0.422 e. The molecule has 2 aliphatic rings. The summed E-state index contributed by atoms with van der Waals surface area (Å²) in [6, 6.07) is 11.5. The van der Waals surface area contributed by atoms with Crippen LogP contribution in [-0.4, -0.2) is 62.0 Å². The molecule has 1 atom stereocenters. The summed E-state index contributed by atoms with van der Waals surface area (Å²) in [7, 11) is 3.35. The molecule has 5 heteroatoms. The molecule has 0 spiro atoms. The van der Waals surface area contributed by atoms with Gasteiger partial charge in [0.05, 0.1) is 0 Å². The average molecular weight is 358 g/mol. The van der Waals surface area contributed by atoms with E-state index in [4.69, 9.17) is 9.47 Å². The van der Waals surface area contributed by atoms with Gasteiger partial charge in [-0.05, 0) is 37.7 Å². The van der Waals surface area contributed by atoms with E-state index in [2.05, 4.69) is 41.3 Å². The number of methoxy groups -OCH3 is 1. The molecule has 0 aromatic heterocycles. The topological polar surface area (TPSA) is 42.0 Å². The van der Waals surface area contributed by atoms with Crippen LogP contribution in [0.2, 0.25) is 0 Å². The number of amides is 1. The second-order valence-electron chi connectivity index (χ2n) is 7.22. The number of ether oxygens (including phenoxy) is 2. The molecule has 0 radical (unpaired) electrons. The summed E-state index contributed by atoms with van der Waals surface area (Å²) in [6.07, 6.45) is 7.57. The minimum atomic E-state index is -0.298. The number of nitrogens with zero attached hydrogens (tertiary/aromatic N) is 2. The zero-order valence-corrected chi connectivity index (χ0v) is 15.9. The molecule has 5 nitrogen and oxygen atoms in total. The van der Waals surface area contributed by atoms with Crippen molar-refractivity contribution in [3.63, 3.8) is 0 Å². The fraction of sp³-hybridized carbons (Fsp3) is 0.571. The smallest absolute Gasteiger partial charge is 0.411 e. The van der Waals surface area contributed by atoms with Gasteiger partial charge in [0.1, 0.15) is 0 Å². The molecule has 3 rings (SSSR count). The first-order valence-electron chi connectivity index (χ1n) is 9.54. The Bertz CT molecular complexity index is 609. The fourth-order valence-electron chi connectivity index (χ4n) is 3.89. The third-order valence-electron chi connectivity index (χ3n) is 5.62. The maximum absolute atomic E-state index is 12.0.